The van der Waals surface area contributed by atoms with Crippen molar-refractivity contribution in [2.24, 2.45) is 0 Å². The molecule has 298 valence electrons. The summed E-state index contributed by atoms with van der Waals surface area (Å²) in [5.41, 5.74) is 19.4. The van der Waals surface area contributed by atoms with E-state index in [-0.39, 0.29) is 16.5 Å². The molecule has 8 aromatic carbocycles. The number of benzene rings is 8. The normalized spacial score (nSPS) is 23.9. The molecular formula is C59H52N2. The highest BCUT2D eigenvalue weighted by atomic mass is 15.2. The Hall–Kier alpha value is -6.12. The lowest BCUT2D eigenvalue weighted by molar-refractivity contribution is 0.451. The Bertz CT molecular complexity index is 3120. The second kappa shape index (κ2) is 12.5. The number of fused-ring (bicyclic) bond motifs is 14. The molecule has 3 aliphatic carbocycles. The minimum Gasteiger partial charge on any atom is -0.335 e. The highest BCUT2D eigenvalue weighted by molar-refractivity contribution is 6.19. The van der Waals surface area contributed by atoms with Gasteiger partial charge >= 0.3 is 0 Å². The summed E-state index contributed by atoms with van der Waals surface area (Å²) in [6.45, 7) is 9.93. The minimum atomic E-state index is -0.170. The average molecular weight is 789 g/mol. The predicted octanol–water partition coefficient (Wildman–Crippen LogP) is 16.0. The van der Waals surface area contributed by atoms with Crippen molar-refractivity contribution in [3.8, 4) is 33.4 Å². The van der Waals surface area contributed by atoms with Crippen molar-refractivity contribution in [3.05, 3.63) is 180 Å². The van der Waals surface area contributed by atoms with Crippen LogP contribution in [0.15, 0.2) is 158 Å². The molecule has 5 aliphatic rings. The zero-order chi connectivity index (χ0) is 40.8. The van der Waals surface area contributed by atoms with Crippen LogP contribution < -0.4 is 9.80 Å². The van der Waals surface area contributed by atoms with Gasteiger partial charge in [-0.25, -0.2) is 0 Å². The van der Waals surface area contributed by atoms with Gasteiger partial charge in [0.25, 0.3) is 0 Å². The summed E-state index contributed by atoms with van der Waals surface area (Å²) in [7, 11) is 0. The van der Waals surface area contributed by atoms with Crippen LogP contribution >= 0.6 is 0 Å². The van der Waals surface area contributed by atoms with Crippen molar-refractivity contribution >= 4 is 44.3 Å². The maximum atomic E-state index is 2.66. The maximum absolute atomic E-state index is 2.66. The fourth-order valence-electron chi connectivity index (χ4n) is 13.7. The molecule has 2 aliphatic heterocycles. The SMILES string of the molecule is CC1(C)c2cc(-c3ccc4c(c3)C3CCCC3(C)N4c3ccccc3)ccc2-c2c1c1ccc(-c3ccc4c(c3)C3CCCC3(C)N4c3ccccc3)cc1c1ccccc21. The highest BCUT2D eigenvalue weighted by Crippen LogP contribution is 2.61. The van der Waals surface area contributed by atoms with Gasteiger partial charge in [0.2, 0.25) is 0 Å². The summed E-state index contributed by atoms with van der Waals surface area (Å²) >= 11 is 0. The van der Waals surface area contributed by atoms with Crippen molar-refractivity contribution in [2.45, 2.75) is 94.5 Å². The predicted molar refractivity (Wildman–Crippen MR) is 257 cm³/mol. The Morgan fingerprint density at radius 3 is 1.52 bits per heavy atom. The second-order valence-electron chi connectivity index (χ2n) is 19.9. The molecule has 2 saturated carbocycles. The van der Waals surface area contributed by atoms with Crippen LogP contribution in [0.25, 0.3) is 54.9 Å². The van der Waals surface area contributed by atoms with Gasteiger partial charge in [0.15, 0.2) is 0 Å². The van der Waals surface area contributed by atoms with Gasteiger partial charge in [0, 0.05) is 51.1 Å². The van der Waals surface area contributed by atoms with E-state index in [0.29, 0.717) is 11.8 Å². The van der Waals surface area contributed by atoms with Crippen molar-refractivity contribution in [1.29, 1.82) is 0 Å². The molecule has 2 nitrogen and oxygen atoms in total. The Labute approximate surface area is 360 Å². The van der Waals surface area contributed by atoms with Crippen molar-refractivity contribution in [1.82, 2.24) is 0 Å². The molecule has 0 amide bonds. The molecule has 8 aromatic rings. The van der Waals surface area contributed by atoms with Gasteiger partial charge in [0.1, 0.15) is 0 Å². The van der Waals surface area contributed by atoms with E-state index in [1.165, 1.54) is 138 Å². The third-order valence-electron chi connectivity index (χ3n) is 16.5. The lowest BCUT2D eigenvalue weighted by Gasteiger charge is -2.37. The number of para-hydroxylation sites is 2. The first-order valence-electron chi connectivity index (χ1n) is 22.9. The Morgan fingerprint density at radius 1 is 0.443 bits per heavy atom. The lowest BCUT2D eigenvalue weighted by Crippen LogP contribution is -2.40. The van der Waals surface area contributed by atoms with Crippen molar-refractivity contribution < 1.29 is 0 Å². The summed E-state index contributed by atoms with van der Waals surface area (Å²) in [5, 5.41) is 5.42. The monoisotopic (exact) mass is 788 g/mol. The van der Waals surface area contributed by atoms with Gasteiger partial charge in [-0.15, -0.1) is 0 Å². The summed E-state index contributed by atoms with van der Waals surface area (Å²) in [6, 6.07) is 60.7. The van der Waals surface area contributed by atoms with Crippen LogP contribution in [0.5, 0.6) is 0 Å². The average Bonchev–Trinajstić information content (AvgIpc) is 4.05. The van der Waals surface area contributed by atoms with E-state index in [4.69, 9.17) is 0 Å². The molecule has 0 bridgehead atoms. The number of hydrogen-bond donors (Lipinski definition) is 0. The van der Waals surface area contributed by atoms with Gasteiger partial charge in [-0.05, 0) is 177 Å². The standard InChI is InChI=1S/C59H52N2/c1-57(2)52-36-40(39-26-30-54-49(35-39)51-22-14-32-59(51,4)61(54)42-17-9-6-10-18-42)24-28-46(52)55-44-20-12-11-19-43(44)47-33-37(23-27-45(47)56(55)57)38-25-29-53-48(34-38)50-21-13-31-58(50,3)60(53)41-15-7-5-8-16-41/h5-12,15-20,23-30,33-36,50-51H,13-14,21-22,31-32H2,1-4H3. The summed E-state index contributed by atoms with van der Waals surface area (Å²) in [5.74, 6) is 1.09. The fraction of sp³-hybridized carbons (Fsp3) is 0.254. The van der Waals surface area contributed by atoms with Crippen LogP contribution in [0.3, 0.4) is 0 Å². The summed E-state index contributed by atoms with van der Waals surface area (Å²) in [6.07, 6.45) is 7.52. The molecule has 0 aromatic heterocycles. The van der Waals surface area contributed by atoms with Crippen LogP contribution in [0, 0.1) is 0 Å². The first-order chi connectivity index (χ1) is 29.7. The first kappa shape index (κ1) is 35.6. The van der Waals surface area contributed by atoms with Gasteiger partial charge in [-0.1, -0.05) is 124 Å². The molecule has 4 unspecified atom stereocenters. The third kappa shape index (κ3) is 4.74. The molecule has 2 heterocycles. The van der Waals surface area contributed by atoms with Crippen LogP contribution in [-0.4, -0.2) is 11.1 Å². The largest absolute Gasteiger partial charge is 0.335 e. The minimum absolute atomic E-state index is 0.115. The lowest BCUT2D eigenvalue weighted by atomic mass is 9.78. The van der Waals surface area contributed by atoms with Crippen LogP contribution in [0.2, 0.25) is 0 Å². The van der Waals surface area contributed by atoms with Crippen molar-refractivity contribution in [3.63, 3.8) is 0 Å². The molecule has 4 atom stereocenters. The summed E-state index contributed by atoms with van der Waals surface area (Å²) in [4.78, 5) is 5.31. The topological polar surface area (TPSA) is 6.48 Å². The number of nitrogens with zero attached hydrogens (tertiary/aromatic N) is 2. The zero-order valence-corrected chi connectivity index (χ0v) is 35.8. The molecule has 2 heteroatoms. The molecule has 0 saturated heterocycles. The molecule has 2 fully saturated rings. The molecule has 0 spiro atoms. The van der Waals surface area contributed by atoms with E-state index in [1.807, 2.05) is 0 Å². The van der Waals surface area contributed by atoms with Crippen molar-refractivity contribution in [2.75, 3.05) is 9.80 Å². The van der Waals surface area contributed by atoms with Gasteiger partial charge in [-0.2, -0.15) is 0 Å². The van der Waals surface area contributed by atoms with E-state index in [0.717, 1.165) is 0 Å². The number of hydrogen-bond acceptors (Lipinski definition) is 2. The van der Waals surface area contributed by atoms with Crippen LogP contribution in [-0.2, 0) is 5.41 Å². The van der Waals surface area contributed by atoms with Gasteiger partial charge < -0.3 is 9.80 Å². The molecule has 13 rings (SSSR count). The Kier molecular flexibility index (Phi) is 7.29. The molecule has 0 N–H and O–H groups in total. The van der Waals surface area contributed by atoms with E-state index >= 15 is 0 Å². The van der Waals surface area contributed by atoms with Gasteiger partial charge in [-0.3, -0.25) is 0 Å². The van der Waals surface area contributed by atoms with E-state index in [1.54, 1.807) is 0 Å². The second-order valence-corrected chi connectivity index (χ2v) is 19.9. The van der Waals surface area contributed by atoms with E-state index < -0.39 is 0 Å². The molecule has 61 heavy (non-hydrogen) atoms. The highest BCUT2D eigenvalue weighted by Gasteiger charge is 2.53. The quantitative estimate of drug-likeness (QED) is 0.164. The smallest absolute Gasteiger partial charge is 0.0492 e. The summed E-state index contributed by atoms with van der Waals surface area (Å²) < 4.78 is 0. The number of anilines is 4. The van der Waals surface area contributed by atoms with Crippen LogP contribution in [0.1, 0.15) is 100 Å². The third-order valence-corrected chi connectivity index (χ3v) is 16.5. The zero-order valence-electron chi connectivity index (χ0n) is 35.8. The molecular weight excluding hydrogens is 737 g/mol. The number of rotatable bonds is 4. The first-order valence-corrected chi connectivity index (χ1v) is 22.9. The van der Waals surface area contributed by atoms with Crippen LogP contribution in [0.4, 0.5) is 22.7 Å². The Balaban J connectivity index is 0.915. The fourth-order valence-corrected chi connectivity index (χ4v) is 13.7. The van der Waals surface area contributed by atoms with E-state index in [2.05, 4.69) is 195 Å². The van der Waals surface area contributed by atoms with E-state index in [9.17, 15) is 0 Å². The van der Waals surface area contributed by atoms with Gasteiger partial charge in [0.05, 0.1) is 0 Å². The maximum Gasteiger partial charge on any atom is 0.0492 e. The molecule has 0 radical (unpaired) electrons. The Morgan fingerprint density at radius 2 is 0.934 bits per heavy atom.